The number of alkyl halides is 6. The number of aromatic nitrogens is 6. The molecule has 0 aliphatic carbocycles. The zero-order valence-electron chi connectivity index (χ0n) is 48.2. The molecule has 6 aromatic carbocycles. The van der Waals surface area contributed by atoms with Gasteiger partial charge < -0.3 is 20.1 Å². The summed E-state index contributed by atoms with van der Waals surface area (Å²) in [6.45, 7) is 6.50. The zero-order valence-corrected chi connectivity index (χ0v) is 49.9. The van der Waals surface area contributed by atoms with Crippen molar-refractivity contribution >= 4 is 69.1 Å². The Kier molecular flexibility index (Phi) is 19.6. The summed E-state index contributed by atoms with van der Waals surface area (Å²) in [5, 5.41) is 14.4. The maximum absolute atomic E-state index is 14.7. The van der Waals surface area contributed by atoms with Gasteiger partial charge in [0.1, 0.15) is 29.4 Å². The van der Waals surface area contributed by atoms with Crippen molar-refractivity contribution in [2.75, 3.05) is 28.6 Å². The molecule has 89 heavy (non-hydrogen) atoms. The molecular weight excluding hydrogens is 1200 g/mol. The number of amides is 6. The normalized spacial score (nSPS) is 15.4. The average molecular weight is 1260 g/mol. The first-order valence-corrected chi connectivity index (χ1v) is 30.2. The fraction of sp³-hybridized carbons (Fsp3) is 0.270. The van der Waals surface area contributed by atoms with Crippen molar-refractivity contribution in [1.29, 1.82) is 0 Å². The van der Waals surface area contributed by atoms with Gasteiger partial charge in [-0.2, -0.15) is 9.98 Å². The van der Waals surface area contributed by atoms with Gasteiger partial charge in [0.15, 0.2) is 22.0 Å². The molecule has 0 spiro atoms. The Morgan fingerprint density at radius 2 is 1.12 bits per heavy atom. The minimum absolute atomic E-state index is 0.0832. The number of aryl methyl sites for hydroxylation is 5. The molecule has 0 saturated carbocycles. The zero-order chi connectivity index (χ0) is 62.8. The molecule has 1 atom stereocenters. The highest BCUT2D eigenvalue weighted by atomic mass is 32.2. The highest BCUT2D eigenvalue weighted by Gasteiger charge is 2.42. The van der Waals surface area contributed by atoms with Crippen molar-refractivity contribution in [3.8, 4) is 45.6 Å². The van der Waals surface area contributed by atoms with E-state index < -0.39 is 30.0 Å². The topological polar surface area (TPSA) is 203 Å². The van der Waals surface area contributed by atoms with Crippen LogP contribution in [0.15, 0.2) is 156 Å². The molecule has 2 N–H and O–H groups in total. The summed E-state index contributed by atoms with van der Waals surface area (Å²) in [7, 11) is 0. The lowest BCUT2D eigenvalue weighted by atomic mass is 10.0. The molecule has 2 aliphatic rings. The number of carbonyl (C=O) groups excluding carboxylic acids is 4. The maximum atomic E-state index is 14.7. The van der Waals surface area contributed by atoms with Crippen LogP contribution in [0.2, 0.25) is 0 Å². The van der Waals surface area contributed by atoms with Crippen LogP contribution < -0.4 is 29.9 Å². The van der Waals surface area contributed by atoms with E-state index in [4.69, 9.17) is 0 Å². The number of ether oxygens (including phenoxy) is 2. The molecule has 4 heterocycles. The van der Waals surface area contributed by atoms with Crippen molar-refractivity contribution in [2.24, 2.45) is 9.98 Å². The van der Waals surface area contributed by atoms with Gasteiger partial charge in [-0.25, -0.2) is 28.9 Å². The van der Waals surface area contributed by atoms with Crippen LogP contribution in [0.3, 0.4) is 0 Å². The quantitative estimate of drug-likeness (QED) is 0.0510. The number of rotatable bonds is 21. The average Bonchev–Trinajstić information content (AvgIpc) is 1.68. The van der Waals surface area contributed by atoms with E-state index in [1.165, 1.54) is 104 Å². The first kappa shape index (κ1) is 62.7. The largest absolute Gasteiger partial charge is 0.573 e. The number of benzene rings is 6. The number of hydrogen-bond acceptors (Lipinski definition) is 12. The van der Waals surface area contributed by atoms with Crippen LogP contribution in [0.4, 0.5) is 47.3 Å². The van der Waals surface area contributed by atoms with E-state index in [0.717, 1.165) is 64.6 Å². The van der Waals surface area contributed by atoms with Gasteiger partial charge >= 0.3 is 24.8 Å². The van der Waals surface area contributed by atoms with E-state index >= 15 is 0 Å². The van der Waals surface area contributed by atoms with E-state index in [0.29, 0.717) is 78.7 Å². The van der Waals surface area contributed by atoms with E-state index in [1.54, 1.807) is 12.1 Å². The van der Waals surface area contributed by atoms with Gasteiger partial charge in [0.2, 0.25) is 5.91 Å². The Morgan fingerprint density at radius 3 is 1.63 bits per heavy atom. The van der Waals surface area contributed by atoms with Crippen LogP contribution in [0, 0.1) is 13.8 Å². The van der Waals surface area contributed by atoms with Crippen molar-refractivity contribution in [2.45, 2.75) is 90.1 Å². The summed E-state index contributed by atoms with van der Waals surface area (Å²) in [6, 6.07) is 36.1. The van der Waals surface area contributed by atoms with E-state index in [2.05, 4.69) is 50.3 Å². The second-order valence-electron chi connectivity index (χ2n) is 20.8. The molecule has 8 aromatic rings. The maximum Gasteiger partial charge on any atom is 0.573 e. The van der Waals surface area contributed by atoms with Gasteiger partial charge in [-0.15, -0.1) is 36.5 Å². The van der Waals surface area contributed by atoms with Gasteiger partial charge in [0.25, 0.3) is 5.91 Å². The van der Waals surface area contributed by atoms with Crippen molar-refractivity contribution in [1.82, 2.24) is 40.2 Å². The number of carbonyl (C=O) groups is 4. The molecule has 0 radical (unpaired) electrons. The number of nitrogens with zero attached hydrogens (tertiary/aromatic N) is 10. The van der Waals surface area contributed by atoms with Crippen LogP contribution in [0.1, 0.15) is 77.7 Å². The number of hydrogen-bond donors (Lipinski definition) is 2. The van der Waals surface area contributed by atoms with Gasteiger partial charge in [-0.05, 0) is 153 Å². The monoisotopic (exact) mass is 1260 g/mol. The number of urea groups is 2. The molecule has 2 aliphatic heterocycles. The highest BCUT2D eigenvalue weighted by Crippen LogP contribution is 2.45. The summed E-state index contributed by atoms with van der Waals surface area (Å²) in [5.74, 6) is -0.245. The molecule has 6 amide bonds. The van der Waals surface area contributed by atoms with Crippen molar-refractivity contribution < 1.29 is 55.0 Å². The predicted molar refractivity (Wildman–Crippen MR) is 329 cm³/mol. The minimum Gasteiger partial charge on any atom is -0.406 e. The van der Waals surface area contributed by atoms with Gasteiger partial charge in [-0.3, -0.25) is 19.4 Å². The minimum atomic E-state index is -4.79. The third-order valence-corrected chi connectivity index (χ3v) is 16.3. The summed E-state index contributed by atoms with van der Waals surface area (Å²) in [6.07, 6.45) is -1.12. The second-order valence-corrected chi connectivity index (χ2v) is 22.8. The number of nitrogens with one attached hydrogen (secondary N) is 2. The summed E-state index contributed by atoms with van der Waals surface area (Å²) in [4.78, 5) is 75.5. The molecule has 460 valence electrons. The smallest absolute Gasteiger partial charge is 0.406 e. The van der Waals surface area contributed by atoms with Crippen LogP contribution in [0.5, 0.6) is 11.5 Å². The lowest BCUT2D eigenvalue weighted by Crippen LogP contribution is -2.33. The summed E-state index contributed by atoms with van der Waals surface area (Å²) < 4.78 is 86.3. The predicted octanol–water partition coefficient (Wildman–Crippen LogP) is 13.6. The lowest BCUT2D eigenvalue weighted by molar-refractivity contribution is -0.275. The number of unbranched alkanes of at least 4 members (excludes halogenated alkanes) is 2. The first-order valence-electron chi connectivity index (χ1n) is 28.4. The third kappa shape index (κ3) is 16.3. The molecule has 1 unspecified atom stereocenters. The molecule has 26 heteroatoms. The Balaban J connectivity index is 0.719. The highest BCUT2D eigenvalue weighted by molar-refractivity contribution is 8.16. The van der Waals surface area contributed by atoms with Crippen molar-refractivity contribution in [3.05, 3.63) is 179 Å². The Morgan fingerprint density at radius 1 is 0.607 bits per heavy atom. The fourth-order valence-electron chi connectivity index (χ4n) is 9.86. The second kappa shape index (κ2) is 27.8. The molecule has 18 nitrogen and oxygen atoms in total. The number of halogens is 6. The summed E-state index contributed by atoms with van der Waals surface area (Å²) in [5.41, 5.74) is 8.97. The standard InChI is InChI=1S/C63H58F6N12O6S2/c1-4-9-45-35-46(22-31-51(45)80-53(82)36-88-60(80)74-58(84)70-32-7-5-10-41-14-18-43(19-15-41)55-72-37-78(76-55)47-23-27-49(28-24-47)86-62(64,65)66)54-57(83)81(52-34-39(2)12-13-40(52)3)61(89-54)75-59(85)71-33-8-6-11-42-16-20-44(21-17-42)56-73-38-79(77-56)48-25-29-50(30-26-48)87-63(67,68)69/h12-31,34-35,37-38,54H,4-11,32-33,36H2,1-3H3,(H,70,84)(H,71,85). The lowest BCUT2D eigenvalue weighted by Gasteiger charge is -2.22. The van der Waals surface area contributed by atoms with Crippen LogP contribution in [-0.4, -0.2) is 95.3 Å². The molecule has 2 aromatic heterocycles. The molecule has 10 rings (SSSR count). The Bertz CT molecular complexity index is 3910. The molecular formula is C63H58F6N12O6S2. The first-order chi connectivity index (χ1) is 42.7. The van der Waals surface area contributed by atoms with E-state index in [-0.39, 0.29) is 39.4 Å². The van der Waals surface area contributed by atoms with Crippen LogP contribution >= 0.6 is 23.5 Å². The molecule has 0 bridgehead atoms. The van der Waals surface area contributed by atoms with E-state index in [9.17, 15) is 45.5 Å². The van der Waals surface area contributed by atoms with Crippen LogP contribution in [0.25, 0.3) is 34.2 Å². The number of anilines is 2. The molecule has 2 saturated heterocycles. The van der Waals surface area contributed by atoms with Gasteiger partial charge in [0, 0.05) is 24.2 Å². The van der Waals surface area contributed by atoms with Crippen LogP contribution in [-0.2, 0) is 28.9 Å². The summed E-state index contributed by atoms with van der Waals surface area (Å²) >= 11 is 2.34. The SMILES string of the molecule is CCCc1cc(C2SC(=NC(=O)NCCCCc3ccc(-c4ncn(-c5ccc(OC(F)(F)F)cc5)n4)cc3)N(c3cc(C)ccc3C)C2=O)ccc1N1C(=O)CSC1=NC(=O)NCCCCc1ccc(-c2ncn(-c3ccc(OC(F)(F)F)cc3)n2)cc1. The number of aliphatic imine (C=N–C) groups is 2. The molecule has 2 fully saturated rings. The Labute approximate surface area is 515 Å². The van der Waals surface area contributed by atoms with Gasteiger partial charge in [0.05, 0.1) is 28.5 Å². The number of amidine groups is 2. The number of thioether (sulfide) groups is 2. The van der Waals surface area contributed by atoms with Crippen molar-refractivity contribution in [3.63, 3.8) is 0 Å². The van der Waals surface area contributed by atoms with Gasteiger partial charge in [-0.1, -0.05) is 110 Å². The third-order valence-electron chi connectivity index (χ3n) is 14.2. The fourth-order valence-corrected chi connectivity index (χ4v) is 11.8. The Hall–Kier alpha value is -9.30. The van der Waals surface area contributed by atoms with E-state index in [1.807, 2.05) is 93.6 Å².